The number of rotatable bonds is 1. The van der Waals surface area contributed by atoms with Crippen LogP contribution < -0.4 is 5.32 Å². The lowest BCUT2D eigenvalue weighted by atomic mass is 10.0. The number of carbonyl (C=O) groups excluding carboxylic acids is 3. The quantitative estimate of drug-likeness (QED) is 0.760. The van der Waals surface area contributed by atoms with Crippen LogP contribution in [0, 0.1) is 17.1 Å². The molecule has 2 aliphatic heterocycles. The Kier molecular flexibility index (Phi) is 2.94. The number of benzene rings is 1. The van der Waals surface area contributed by atoms with Gasteiger partial charge in [0.2, 0.25) is 11.8 Å². The molecule has 1 saturated heterocycles. The van der Waals surface area contributed by atoms with Crippen molar-refractivity contribution in [3.05, 3.63) is 34.6 Å². The van der Waals surface area contributed by atoms with Crippen molar-refractivity contribution in [3.63, 3.8) is 0 Å². The molecule has 2 heterocycles. The molecule has 0 radical (unpaired) electrons. The van der Waals surface area contributed by atoms with Crippen LogP contribution in [0.1, 0.15) is 34.3 Å². The summed E-state index contributed by atoms with van der Waals surface area (Å²) in [5.74, 6) is -2.05. The monoisotopic (exact) mass is 287 g/mol. The van der Waals surface area contributed by atoms with Gasteiger partial charge in [-0.3, -0.25) is 19.7 Å². The highest BCUT2D eigenvalue weighted by Gasteiger charge is 2.40. The van der Waals surface area contributed by atoms with Gasteiger partial charge in [0, 0.05) is 17.5 Å². The number of hydrogen-bond donors (Lipinski definition) is 1. The van der Waals surface area contributed by atoms with E-state index in [0.29, 0.717) is 0 Å². The number of amides is 3. The number of imide groups is 1. The van der Waals surface area contributed by atoms with E-state index in [1.54, 1.807) is 6.07 Å². The summed E-state index contributed by atoms with van der Waals surface area (Å²) < 4.78 is 13.9. The lowest BCUT2D eigenvalue weighted by molar-refractivity contribution is -0.136. The largest absolute Gasteiger partial charge is 0.322 e. The van der Waals surface area contributed by atoms with Gasteiger partial charge in [-0.15, -0.1) is 0 Å². The number of nitriles is 1. The fraction of sp³-hybridized carbons (Fsp3) is 0.286. The third-order valence-electron chi connectivity index (χ3n) is 3.73. The topological polar surface area (TPSA) is 90.3 Å². The van der Waals surface area contributed by atoms with Crippen molar-refractivity contribution in [3.8, 4) is 6.07 Å². The van der Waals surface area contributed by atoms with E-state index in [0.717, 1.165) is 6.07 Å². The number of piperidine rings is 1. The van der Waals surface area contributed by atoms with Crippen molar-refractivity contribution in [2.24, 2.45) is 0 Å². The first-order valence-corrected chi connectivity index (χ1v) is 6.38. The molecule has 21 heavy (non-hydrogen) atoms. The minimum atomic E-state index is -0.785. The smallest absolute Gasteiger partial charge is 0.255 e. The predicted molar refractivity (Wildman–Crippen MR) is 67.2 cm³/mol. The fourth-order valence-electron chi connectivity index (χ4n) is 2.68. The molecular formula is C14H10FN3O3. The van der Waals surface area contributed by atoms with Crippen molar-refractivity contribution in [1.82, 2.24) is 10.2 Å². The summed E-state index contributed by atoms with van der Waals surface area (Å²) in [5.41, 5.74) is 0.352. The van der Waals surface area contributed by atoms with Crippen molar-refractivity contribution in [2.75, 3.05) is 0 Å². The van der Waals surface area contributed by atoms with Gasteiger partial charge in [0.25, 0.3) is 5.91 Å². The van der Waals surface area contributed by atoms with Gasteiger partial charge in [0.15, 0.2) is 0 Å². The van der Waals surface area contributed by atoms with Crippen molar-refractivity contribution in [2.45, 2.75) is 25.4 Å². The van der Waals surface area contributed by atoms with Crippen LogP contribution in [0.15, 0.2) is 12.1 Å². The van der Waals surface area contributed by atoms with Gasteiger partial charge in [0.05, 0.1) is 18.2 Å². The van der Waals surface area contributed by atoms with Gasteiger partial charge in [0.1, 0.15) is 11.9 Å². The summed E-state index contributed by atoms with van der Waals surface area (Å²) in [6, 6.07) is 3.40. The Morgan fingerprint density at radius 2 is 2.10 bits per heavy atom. The van der Waals surface area contributed by atoms with Gasteiger partial charge in [-0.05, 0) is 18.6 Å². The summed E-state index contributed by atoms with van der Waals surface area (Å²) in [6.45, 7) is -0.0298. The molecule has 1 aromatic carbocycles. The van der Waals surface area contributed by atoms with E-state index in [-0.39, 0.29) is 42.0 Å². The first kappa shape index (κ1) is 13.2. The molecule has 0 aromatic heterocycles. The Balaban J connectivity index is 1.94. The van der Waals surface area contributed by atoms with Crippen LogP contribution >= 0.6 is 0 Å². The molecule has 0 aliphatic carbocycles. The molecule has 1 aromatic rings. The molecule has 1 atom stereocenters. The van der Waals surface area contributed by atoms with E-state index >= 15 is 0 Å². The zero-order valence-corrected chi connectivity index (χ0v) is 10.9. The summed E-state index contributed by atoms with van der Waals surface area (Å²) in [6.07, 6.45) is 0.361. The number of carbonyl (C=O) groups is 3. The Morgan fingerprint density at radius 3 is 2.76 bits per heavy atom. The molecule has 106 valence electrons. The zero-order valence-electron chi connectivity index (χ0n) is 10.9. The Hall–Kier alpha value is -2.75. The lowest BCUT2D eigenvalue weighted by Crippen LogP contribution is -2.52. The highest BCUT2D eigenvalue weighted by atomic mass is 19.1. The van der Waals surface area contributed by atoms with E-state index < -0.39 is 23.7 Å². The molecule has 0 spiro atoms. The van der Waals surface area contributed by atoms with Crippen LogP contribution in [0.3, 0.4) is 0 Å². The van der Waals surface area contributed by atoms with E-state index in [1.807, 2.05) is 0 Å². The molecule has 2 aliphatic rings. The maximum absolute atomic E-state index is 13.9. The number of halogens is 1. The maximum Gasteiger partial charge on any atom is 0.255 e. The molecule has 3 amide bonds. The minimum absolute atomic E-state index is 0.0298. The van der Waals surface area contributed by atoms with Crippen molar-refractivity contribution >= 4 is 17.7 Å². The third kappa shape index (κ3) is 2.05. The molecule has 1 unspecified atom stereocenters. The van der Waals surface area contributed by atoms with Gasteiger partial charge in [-0.25, -0.2) is 4.39 Å². The summed E-state index contributed by atoms with van der Waals surface area (Å²) in [5, 5.41) is 11.0. The van der Waals surface area contributed by atoms with E-state index in [9.17, 15) is 18.8 Å². The molecule has 1 N–H and O–H groups in total. The second-order valence-corrected chi connectivity index (χ2v) is 5.00. The summed E-state index contributed by atoms with van der Waals surface area (Å²) in [7, 11) is 0. The lowest BCUT2D eigenvalue weighted by Gasteiger charge is -2.29. The van der Waals surface area contributed by atoms with Crippen LogP contribution in [0.5, 0.6) is 0 Å². The minimum Gasteiger partial charge on any atom is -0.322 e. The zero-order chi connectivity index (χ0) is 15.1. The van der Waals surface area contributed by atoms with Crippen molar-refractivity contribution in [1.29, 1.82) is 5.26 Å². The van der Waals surface area contributed by atoms with Crippen LogP contribution in [0.25, 0.3) is 0 Å². The normalized spacial score (nSPS) is 21.0. The maximum atomic E-state index is 13.9. The van der Waals surface area contributed by atoms with Gasteiger partial charge >= 0.3 is 0 Å². The van der Waals surface area contributed by atoms with Crippen LogP contribution in [0.4, 0.5) is 4.39 Å². The molecule has 3 rings (SSSR count). The number of fused-ring (bicyclic) bond motifs is 1. The Bertz CT molecular complexity index is 723. The second kappa shape index (κ2) is 4.66. The first-order valence-electron chi connectivity index (χ1n) is 6.38. The molecule has 1 fully saturated rings. The van der Waals surface area contributed by atoms with E-state index in [1.165, 1.54) is 11.0 Å². The SMILES string of the molecule is N#Cc1cc(F)c2c(c1)C(=O)N(C1CCC(=O)NC1=O)C2. The number of hydrogen-bond acceptors (Lipinski definition) is 4. The summed E-state index contributed by atoms with van der Waals surface area (Å²) >= 11 is 0. The van der Waals surface area contributed by atoms with Gasteiger partial charge in [-0.2, -0.15) is 5.26 Å². The first-order chi connectivity index (χ1) is 10.0. The standard InChI is InChI=1S/C14H10FN3O3/c15-10-4-7(5-16)3-8-9(10)6-18(14(8)21)11-1-2-12(19)17-13(11)20/h3-4,11H,1-2,6H2,(H,17,19,20). The predicted octanol–water partition coefficient (Wildman–Crippen LogP) is 0.458. The molecule has 6 nitrogen and oxygen atoms in total. The van der Waals surface area contributed by atoms with Crippen LogP contribution in [-0.2, 0) is 16.1 Å². The van der Waals surface area contributed by atoms with Crippen LogP contribution in [0.2, 0.25) is 0 Å². The highest BCUT2D eigenvalue weighted by molar-refractivity contribution is 6.05. The Morgan fingerprint density at radius 1 is 1.33 bits per heavy atom. The van der Waals surface area contributed by atoms with E-state index in [2.05, 4.69) is 5.32 Å². The van der Waals surface area contributed by atoms with Gasteiger partial charge < -0.3 is 4.90 Å². The second-order valence-electron chi connectivity index (χ2n) is 5.00. The average molecular weight is 287 g/mol. The molecule has 0 saturated carbocycles. The fourth-order valence-corrected chi connectivity index (χ4v) is 2.68. The van der Waals surface area contributed by atoms with E-state index in [4.69, 9.17) is 5.26 Å². The van der Waals surface area contributed by atoms with Crippen molar-refractivity contribution < 1.29 is 18.8 Å². The number of nitrogens with one attached hydrogen (secondary N) is 1. The molecule has 7 heteroatoms. The molecular weight excluding hydrogens is 277 g/mol. The molecule has 0 bridgehead atoms. The summed E-state index contributed by atoms with van der Waals surface area (Å²) in [4.78, 5) is 36.5. The van der Waals surface area contributed by atoms with Gasteiger partial charge in [-0.1, -0.05) is 0 Å². The third-order valence-corrected chi connectivity index (χ3v) is 3.73. The highest BCUT2D eigenvalue weighted by Crippen LogP contribution is 2.30. The average Bonchev–Trinajstić information content (AvgIpc) is 2.77. The van der Waals surface area contributed by atoms with Crippen LogP contribution in [-0.4, -0.2) is 28.7 Å². The Labute approximate surface area is 119 Å². The number of nitrogens with zero attached hydrogens (tertiary/aromatic N) is 2.